The standard InChI is InChI=1S/C14H23NO3S/c1-3-13(12-16)15(10-11-19(17,18)4-2)14-8-6-5-7-9-14/h5-9,13,16H,3-4,10-12H2,1-2H3. The second-order valence-electron chi connectivity index (χ2n) is 4.51. The Bertz CT molecular complexity index is 455. The Balaban J connectivity index is 2.88. The third-order valence-corrected chi connectivity index (χ3v) is 4.98. The molecule has 0 heterocycles. The van der Waals surface area contributed by atoms with Crippen LogP contribution in [0, 0.1) is 0 Å². The summed E-state index contributed by atoms with van der Waals surface area (Å²) in [5, 5.41) is 9.45. The van der Waals surface area contributed by atoms with E-state index in [0.717, 1.165) is 12.1 Å². The zero-order valence-electron chi connectivity index (χ0n) is 11.6. The van der Waals surface area contributed by atoms with E-state index in [9.17, 15) is 13.5 Å². The molecule has 0 aliphatic carbocycles. The van der Waals surface area contributed by atoms with Crippen molar-refractivity contribution in [3.05, 3.63) is 30.3 Å². The summed E-state index contributed by atoms with van der Waals surface area (Å²) >= 11 is 0. The van der Waals surface area contributed by atoms with Crippen molar-refractivity contribution in [3.63, 3.8) is 0 Å². The number of para-hydroxylation sites is 1. The molecule has 0 amide bonds. The van der Waals surface area contributed by atoms with Crippen LogP contribution in [0.1, 0.15) is 20.3 Å². The molecule has 0 saturated carbocycles. The monoisotopic (exact) mass is 285 g/mol. The molecule has 1 N–H and O–H groups in total. The number of aliphatic hydroxyl groups is 1. The van der Waals surface area contributed by atoms with Gasteiger partial charge in [-0.3, -0.25) is 0 Å². The Kier molecular flexibility index (Phi) is 6.31. The fourth-order valence-electron chi connectivity index (χ4n) is 1.97. The summed E-state index contributed by atoms with van der Waals surface area (Å²) in [6.07, 6.45) is 0.775. The highest BCUT2D eigenvalue weighted by molar-refractivity contribution is 7.91. The van der Waals surface area contributed by atoms with Gasteiger partial charge < -0.3 is 10.0 Å². The van der Waals surface area contributed by atoms with Gasteiger partial charge in [-0.1, -0.05) is 32.0 Å². The van der Waals surface area contributed by atoms with Gasteiger partial charge in [-0.15, -0.1) is 0 Å². The number of nitrogens with zero attached hydrogens (tertiary/aromatic N) is 1. The number of sulfone groups is 1. The van der Waals surface area contributed by atoms with Crippen LogP contribution in [0.4, 0.5) is 5.69 Å². The lowest BCUT2D eigenvalue weighted by molar-refractivity contribution is 0.256. The van der Waals surface area contributed by atoms with Crippen molar-refractivity contribution in [1.29, 1.82) is 0 Å². The van der Waals surface area contributed by atoms with Gasteiger partial charge in [-0.25, -0.2) is 8.42 Å². The summed E-state index contributed by atoms with van der Waals surface area (Å²) in [7, 11) is -3.00. The van der Waals surface area contributed by atoms with Crippen molar-refractivity contribution in [2.75, 3.05) is 29.6 Å². The van der Waals surface area contributed by atoms with E-state index in [1.54, 1.807) is 6.92 Å². The molecular formula is C14H23NO3S. The molecule has 1 unspecified atom stereocenters. The fourth-order valence-corrected chi connectivity index (χ4v) is 2.74. The maximum absolute atomic E-state index is 11.6. The molecule has 4 nitrogen and oxygen atoms in total. The smallest absolute Gasteiger partial charge is 0.151 e. The van der Waals surface area contributed by atoms with Crippen LogP contribution in [0.25, 0.3) is 0 Å². The van der Waals surface area contributed by atoms with Crippen LogP contribution >= 0.6 is 0 Å². The van der Waals surface area contributed by atoms with E-state index < -0.39 is 9.84 Å². The maximum atomic E-state index is 11.6. The first-order valence-electron chi connectivity index (χ1n) is 6.67. The predicted octanol–water partition coefficient (Wildman–Crippen LogP) is 1.70. The molecule has 0 spiro atoms. The highest BCUT2D eigenvalue weighted by Crippen LogP contribution is 2.18. The van der Waals surface area contributed by atoms with Crippen LogP contribution in [0.3, 0.4) is 0 Å². The first kappa shape index (κ1) is 16.0. The molecule has 5 heteroatoms. The molecule has 0 aliphatic rings. The van der Waals surface area contributed by atoms with Crippen molar-refractivity contribution in [2.24, 2.45) is 0 Å². The number of hydrogen-bond acceptors (Lipinski definition) is 4. The van der Waals surface area contributed by atoms with Gasteiger partial charge in [0.2, 0.25) is 0 Å². The van der Waals surface area contributed by atoms with Gasteiger partial charge in [-0.2, -0.15) is 0 Å². The molecule has 108 valence electrons. The second-order valence-corrected chi connectivity index (χ2v) is 6.98. The summed E-state index contributed by atoms with van der Waals surface area (Å²) in [4.78, 5) is 1.98. The first-order valence-corrected chi connectivity index (χ1v) is 8.49. The molecule has 0 aromatic heterocycles. The fraction of sp³-hybridized carbons (Fsp3) is 0.571. The zero-order valence-corrected chi connectivity index (χ0v) is 12.4. The average Bonchev–Trinajstić information content (AvgIpc) is 2.44. The molecule has 0 bridgehead atoms. The molecular weight excluding hydrogens is 262 g/mol. The van der Waals surface area contributed by atoms with Gasteiger partial charge in [0.1, 0.15) is 0 Å². The second kappa shape index (κ2) is 7.50. The van der Waals surface area contributed by atoms with Crippen LogP contribution in [-0.4, -0.2) is 44.2 Å². The third kappa shape index (κ3) is 4.84. The molecule has 1 atom stereocenters. The van der Waals surface area contributed by atoms with Gasteiger partial charge in [0.15, 0.2) is 9.84 Å². The number of benzene rings is 1. The lowest BCUT2D eigenvalue weighted by Gasteiger charge is -2.32. The Hall–Kier alpha value is -1.07. The molecule has 19 heavy (non-hydrogen) atoms. The number of aliphatic hydroxyl groups excluding tert-OH is 1. The van der Waals surface area contributed by atoms with Crippen LogP contribution < -0.4 is 4.90 Å². The Labute approximate surface area is 116 Å². The van der Waals surface area contributed by atoms with E-state index in [-0.39, 0.29) is 24.2 Å². The topological polar surface area (TPSA) is 57.6 Å². The summed E-state index contributed by atoms with van der Waals surface area (Å²) in [6, 6.07) is 9.59. The minimum absolute atomic E-state index is 0.0254. The van der Waals surface area contributed by atoms with Gasteiger partial charge in [-0.05, 0) is 18.6 Å². The van der Waals surface area contributed by atoms with E-state index in [1.165, 1.54) is 0 Å². The minimum atomic E-state index is -3.00. The van der Waals surface area contributed by atoms with Crippen LogP contribution in [0.5, 0.6) is 0 Å². The van der Waals surface area contributed by atoms with Gasteiger partial charge >= 0.3 is 0 Å². The summed E-state index contributed by atoms with van der Waals surface area (Å²) in [6.45, 7) is 4.09. The van der Waals surface area contributed by atoms with Gasteiger partial charge in [0.05, 0.1) is 18.4 Å². The van der Waals surface area contributed by atoms with Crippen LogP contribution in [0.2, 0.25) is 0 Å². The average molecular weight is 285 g/mol. The lowest BCUT2D eigenvalue weighted by atomic mass is 10.1. The molecule has 1 rings (SSSR count). The normalized spacial score (nSPS) is 13.2. The predicted molar refractivity (Wildman–Crippen MR) is 79.3 cm³/mol. The Morgan fingerprint density at radius 2 is 1.84 bits per heavy atom. The van der Waals surface area contributed by atoms with E-state index >= 15 is 0 Å². The van der Waals surface area contributed by atoms with Crippen molar-refractivity contribution in [1.82, 2.24) is 0 Å². The SMILES string of the molecule is CCC(CO)N(CCS(=O)(=O)CC)c1ccccc1. The van der Waals surface area contributed by atoms with Crippen LogP contribution in [0.15, 0.2) is 30.3 Å². The molecule has 0 saturated heterocycles. The zero-order chi connectivity index (χ0) is 14.3. The summed E-state index contributed by atoms with van der Waals surface area (Å²) in [5.74, 6) is 0.278. The molecule has 1 aromatic rings. The number of hydrogen-bond donors (Lipinski definition) is 1. The van der Waals surface area contributed by atoms with Crippen molar-refractivity contribution >= 4 is 15.5 Å². The Morgan fingerprint density at radius 1 is 1.21 bits per heavy atom. The van der Waals surface area contributed by atoms with E-state index in [4.69, 9.17) is 0 Å². The van der Waals surface area contributed by atoms with Gasteiger partial charge in [0, 0.05) is 18.0 Å². The highest BCUT2D eigenvalue weighted by atomic mass is 32.2. The lowest BCUT2D eigenvalue weighted by Crippen LogP contribution is -2.40. The summed E-state index contributed by atoms with van der Waals surface area (Å²) < 4.78 is 23.3. The number of rotatable bonds is 8. The van der Waals surface area contributed by atoms with Crippen LogP contribution in [-0.2, 0) is 9.84 Å². The minimum Gasteiger partial charge on any atom is -0.394 e. The van der Waals surface area contributed by atoms with E-state index in [2.05, 4.69) is 0 Å². The Morgan fingerprint density at radius 3 is 2.32 bits per heavy atom. The summed E-state index contributed by atoms with van der Waals surface area (Å²) in [5.41, 5.74) is 0.953. The van der Waals surface area contributed by atoms with Crippen molar-refractivity contribution in [2.45, 2.75) is 26.3 Å². The third-order valence-electron chi connectivity index (χ3n) is 3.29. The first-order chi connectivity index (χ1) is 9.04. The van der Waals surface area contributed by atoms with E-state index in [0.29, 0.717) is 6.54 Å². The number of anilines is 1. The quantitative estimate of drug-likeness (QED) is 0.790. The largest absolute Gasteiger partial charge is 0.394 e. The molecule has 1 aromatic carbocycles. The van der Waals surface area contributed by atoms with Crippen molar-refractivity contribution in [3.8, 4) is 0 Å². The molecule has 0 aliphatic heterocycles. The van der Waals surface area contributed by atoms with Gasteiger partial charge in [0.25, 0.3) is 0 Å². The molecule has 0 fully saturated rings. The molecule has 0 radical (unpaired) electrons. The maximum Gasteiger partial charge on any atom is 0.151 e. The highest BCUT2D eigenvalue weighted by Gasteiger charge is 2.19. The van der Waals surface area contributed by atoms with E-state index in [1.807, 2.05) is 42.2 Å². The van der Waals surface area contributed by atoms with Crippen molar-refractivity contribution < 1.29 is 13.5 Å².